The molecule has 1 saturated carbocycles. The molecule has 1 unspecified atom stereocenters. The molecule has 0 saturated heterocycles. The highest BCUT2D eigenvalue weighted by molar-refractivity contribution is 6.30. The predicted octanol–water partition coefficient (Wildman–Crippen LogP) is 5.26. The van der Waals surface area contributed by atoms with Crippen molar-refractivity contribution in [3.63, 3.8) is 0 Å². The number of carbonyl (C=O) groups is 1. The summed E-state index contributed by atoms with van der Waals surface area (Å²) < 4.78 is 40.4. The lowest BCUT2D eigenvalue weighted by atomic mass is 9.93. The quantitative estimate of drug-likeness (QED) is 0.548. The van der Waals surface area contributed by atoms with Crippen LogP contribution in [0.5, 0.6) is 0 Å². The van der Waals surface area contributed by atoms with E-state index >= 15 is 0 Å². The SMILES string of the molecule is CC(NC(=O)c1cc(C(F)(F)F)cc(C2(C#N)CC2)c1)c1nccnc1-c1ccc(Cl)cn1. The van der Waals surface area contributed by atoms with E-state index in [9.17, 15) is 23.2 Å². The van der Waals surface area contributed by atoms with E-state index in [1.807, 2.05) is 0 Å². The summed E-state index contributed by atoms with van der Waals surface area (Å²) in [5.74, 6) is -0.718. The van der Waals surface area contributed by atoms with Crippen molar-refractivity contribution in [3.05, 3.63) is 76.3 Å². The molecule has 2 heterocycles. The first-order valence-electron chi connectivity index (χ1n) is 10.0. The van der Waals surface area contributed by atoms with Crippen LogP contribution in [0.3, 0.4) is 0 Å². The molecule has 1 amide bonds. The Bertz CT molecular complexity index is 1250. The van der Waals surface area contributed by atoms with Crippen LogP contribution in [0.2, 0.25) is 5.02 Å². The molecule has 4 rings (SSSR count). The van der Waals surface area contributed by atoms with Crippen LogP contribution in [0.15, 0.2) is 48.9 Å². The number of aromatic nitrogens is 3. The van der Waals surface area contributed by atoms with Crippen molar-refractivity contribution in [2.75, 3.05) is 0 Å². The first-order valence-corrected chi connectivity index (χ1v) is 10.4. The molecule has 168 valence electrons. The third-order valence-corrected chi connectivity index (χ3v) is 5.72. The Morgan fingerprint density at radius 3 is 2.52 bits per heavy atom. The average Bonchev–Trinajstić information content (AvgIpc) is 3.60. The zero-order chi connectivity index (χ0) is 23.8. The molecule has 0 radical (unpaired) electrons. The summed E-state index contributed by atoms with van der Waals surface area (Å²) in [6.07, 6.45) is 0.633. The van der Waals surface area contributed by atoms with Gasteiger partial charge in [0, 0.05) is 24.2 Å². The van der Waals surface area contributed by atoms with Crippen LogP contribution in [-0.2, 0) is 11.6 Å². The maximum absolute atomic E-state index is 13.5. The van der Waals surface area contributed by atoms with Crippen molar-refractivity contribution in [3.8, 4) is 17.5 Å². The van der Waals surface area contributed by atoms with Crippen LogP contribution in [0.25, 0.3) is 11.4 Å². The highest BCUT2D eigenvalue weighted by Gasteiger charge is 2.46. The molecular weight excluding hydrogens is 455 g/mol. The number of hydrogen-bond acceptors (Lipinski definition) is 5. The third-order valence-electron chi connectivity index (χ3n) is 5.49. The molecule has 0 bridgehead atoms. The molecule has 0 aliphatic heterocycles. The Morgan fingerprint density at radius 2 is 1.91 bits per heavy atom. The van der Waals surface area contributed by atoms with Crippen LogP contribution in [0.1, 0.15) is 53.0 Å². The Morgan fingerprint density at radius 1 is 1.18 bits per heavy atom. The van der Waals surface area contributed by atoms with E-state index in [1.165, 1.54) is 24.7 Å². The Kier molecular flexibility index (Phi) is 5.80. The minimum absolute atomic E-state index is 0.178. The van der Waals surface area contributed by atoms with Crippen molar-refractivity contribution in [2.45, 2.75) is 37.4 Å². The summed E-state index contributed by atoms with van der Waals surface area (Å²) in [4.78, 5) is 25.7. The fourth-order valence-electron chi connectivity index (χ4n) is 3.52. The first-order chi connectivity index (χ1) is 15.6. The monoisotopic (exact) mass is 471 g/mol. The number of nitrogens with one attached hydrogen (secondary N) is 1. The lowest BCUT2D eigenvalue weighted by Gasteiger charge is -2.18. The summed E-state index contributed by atoms with van der Waals surface area (Å²) in [6.45, 7) is 1.65. The highest BCUT2D eigenvalue weighted by atomic mass is 35.5. The number of hydrogen-bond donors (Lipinski definition) is 1. The minimum atomic E-state index is -4.65. The second-order valence-electron chi connectivity index (χ2n) is 7.84. The van der Waals surface area contributed by atoms with Crippen LogP contribution in [-0.4, -0.2) is 20.9 Å². The topological polar surface area (TPSA) is 91.6 Å². The second-order valence-corrected chi connectivity index (χ2v) is 8.27. The molecule has 3 aromatic rings. The third kappa shape index (κ3) is 4.66. The number of halogens is 4. The van der Waals surface area contributed by atoms with Gasteiger partial charge in [0.1, 0.15) is 5.69 Å². The first kappa shape index (κ1) is 22.7. The maximum atomic E-state index is 13.5. The van der Waals surface area contributed by atoms with Gasteiger partial charge < -0.3 is 5.32 Å². The van der Waals surface area contributed by atoms with E-state index in [1.54, 1.807) is 19.1 Å². The Labute approximate surface area is 192 Å². The summed E-state index contributed by atoms with van der Waals surface area (Å²) in [7, 11) is 0. The molecule has 0 spiro atoms. The van der Waals surface area contributed by atoms with Gasteiger partial charge >= 0.3 is 6.18 Å². The maximum Gasteiger partial charge on any atom is 0.416 e. The lowest BCUT2D eigenvalue weighted by Crippen LogP contribution is -2.28. The van der Waals surface area contributed by atoms with Crippen LogP contribution >= 0.6 is 11.6 Å². The number of benzene rings is 1. The van der Waals surface area contributed by atoms with Gasteiger partial charge in [0.15, 0.2) is 0 Å². The smallest absolute Gasteiger partial charge is 0.344 e. The number of carbonyl (C=O) groups excluding carboxylic acids is 1. The van der Waals surface area contributed by atoms with Crippen LogP contribution < -0.4 is 5.32 Å². The normalized spacial score (nSPS) is 15.4. The van der Waals surface area contributed by atoms with Gasteiger partial charge in [-0.15, -0.1) is 0 Å². The summed E-state index contributed by atoms with van der Waals surface area (Å²) in [5, 5.41) is 12.5. The summed E-state index contributed by atoms with van der Waals surface area (Å²) in [6, 6.07) is 7.76. The van der Waals surface area contributed by atoms with Crippen LogP contribution in [0.4, 0.5) is 13.2 Å². The summed E-state index contributed by atoms with van der Waals surface area (Å²) >= 11 is 5.89. The number of amides is 1. The van der Waals surface area contributed by atoms with Gasteiger partial charge in [0.05, 0.1) is 39.5 Å². The summed E-state index contributed by atoms with van der Waals surface area (Å²) in [5.41, 5.74) is -0.636. The van der Waals surface area contributed by atoms with E-state index in [2.05, 4.69) is 26.3 Å². The predicted molar refractivity (Wildman–Crippen MR) is 114 cm³/mol. The number of nitrogens with zero attached hydrogens (tertiary/aromatic N) is 4. The molecular formula is C23H17ClF3N5O. The highest BCUT2D eigenvalue weighted by Crippen LogP contribution is 2.48. The van der Waals surface area contributed by atoms with Crippen molar-refractivity contribution in [2.24, 2.45) is 0 Å². The van der Waals surface area contributed by atoms with E-state index in [-0.39, 0.29) is 11.1 Å². The molecule has 1 aliphatic rings. The van der Waals surface area contributed by atoms with Crippen molar-refractivity contribution in [1.82, 2.24) is 20.3 Å². The van der Waals surface area contributed by atoms with Crippen LogP contribution in [0, 0.1) is 11.3 Å². The van der Waals surface area contributed by atoms with Crippen molar-refractivity contribution >= 4 is 17.5 Å². The molecule has 1 aliphatic carbocycles. The number of rotatable bonds is 5. The fourth-order valence-corrected chi connectivity index (χ4v) is 3.63. The molecule has 1 N–H and O–H groups in total. The molecule has 6 nitrogen and oxygen atoms in total. The van der Waals surface area contributed by atoms with Crippen molar-refractivity contribution in [1.29, 1.82) is 5.26 Å². The standard InChI is InChI=1S/C23H17ClF3N5O/c1-13(19-20(30-7-6-29-19)18-3-2-17(24)11-31-18)32-21(33)14-8-15(22(12-28)4-5-22)10-16(9-14)23(25,26)27/h2-3,6-11,13H,4-5H2,1H3,(H,32,33). The fraction of sp³-hybridized carbons (Fsp3) is 0.261. The van der Waals surface area contributed by atoms with Crippen molar-refractivity contribution < 1.29 is 18.0 Å². The minimum Gasteiger partial charge on any atom is -0.344 e. The van der Waals surface area contributed by atoms with E-state index < -0.39 is 29.1 Å². The molecule has 1 fully saturated rings. The Hall–Kier alpha value is -3.51. The van der Waals surface area contributed by atoms with Gasteiger partial charge in [-0.05, 0) is 55.7 Å². The molecule has 2 aromatic heterocycles. The average molecular weight is 472 g/mol. The van der Waals surface area contributed by atoms with E-state index in [0.717, 1.165) is 12.1 Å². The second kappa shape index (κ2) is 8.45. The van der Waals surface area contributed by atoms with Gasteiger partial charge in [-0.3, -0.25) is 19.7 Å². The number of pyridine rings is 1. The van der Waals surface area contributed by atoms with E-state index in [0.29, 0.717) is 34.9 Å². The Balaban J connectivity index is 1.65. The van der Waals surface area contributed by atoms with Gasteiger partial charge in [0.2, 0.25) is 0 Å². The molecule has 10 heteroatoms. The van der Waals surface area contributed by atoms with Gasteiger partial charge in [-0.2, -0.15) is 18.4 Å². The zero-order valence-corrected chi connectivity index (χ0v) is 18.1. The molecule has 33 heavy (non-hydrogen) atoms. The number of nitriles is 1. The molecule has 1 aromatic carbocycles. The van der Waals surface area contributed by atoms with E-state index in [4.69, 9.17) is 11.6 Å². The zero-order valence-electron chi connectivity index (χ0n) is 17.3. The molecule has 1 atom stereocenters. The number of alkyl halides is 3. The van der Waals surface area contributed by atoms with Gasteiger partial charge in [0.25, 0.3) is 5.91 Å². The largest absolute Gasteiger partial charge is 0.416 e. The lowest BCUT2D eigenvalue weighted by molar-refractivity contribution is -0.137. The van der Waals surface area contributed by atoms with Gasteiger partial charge in [-0.1, -0.05) is 11.6 Å². The van der Waals surface area contributed by atoms with Gasteiger partial charge in [-0.25, -0.2) is 0 Å².